The van der Waals surface area contributed by atoms with Crippen LogP contribution >= 0.6 is 0 Å². The summed E-state index contributed by atoms with van der Waals surface area (Å²) in [5.41, 5.74) is 0. The number of nitrogens with one attached hydrogen (secondary N) is 2. The Bertz CT molecular complexity index is 317. The first-order chi connectivity index (χ1) is 8.61. The molecule has 2 amide bonds. The van der Waals surface area contributed by atoms with E-state index >= 15 is 0 Å². The topological polar surface area (TPSA) is 87.7 Å². The van der Waals surface area contributed by atoms with E-state index in [1.807, 2.05) is 0 Å². The summed E-state index contributed by atoms with van der Waals surface area (Å²) in [6, 6.07) is -0.113. The number of carboxylic acids is 1. The maximum Gasteiger partial charge on any atom is 0.315 e. The third kappa shape index (κ3) is 5.67. The van der Waals surface area contributed by atoms with Gasteiger partial charge in [-0.1, -0.05) is 12.2 Å². The van der Waals surface area contributed by atoms with Crippen molar-refractivity contribution in [3.05, 3.63) is 12.2 Å². The Balaban J connectivity index is 2.22. The Labute approximate surface area is 106 Å². The number of amides is 2. The lowest BCUT2D eigenvalue weighted by Crippen LogP contribution is -2.45. The van der Waals surface area contributed by atoms with E-state index in [-0.39, 0.29) is 25.0 Å². The molecule has 0 saturated carbocycles. The third-order valence-corrected chi connectivity index (χ3v) is 2.83. The summed E-state index contributed by atoms with van der Waals surface area (Å²) < 4.78 is 4.97. The molecule has 6 nitrogen and oxygen atoms in total. The second kappa shape index (κ2) is 7.71. The molecule has 0 aromatic carbocycles. The lowest BCUT2D eigenvalue weighted by molar-refractivity contribution is -0.139. The lowest BCUT2D eigenvalue weighted by Gasteiger charge is -2.20. The van der Waals surface area contributed by atoms with Crippen LogP contribution in [0.15, 0.2) is 12.2 Å². The van der Waals surface area contributed by atoms with Crippen molar-refractivity contribution in [3.8, 4) is 0 Å². The second-order valence-electron chi connectivity index (χ2n) is 4.29. The first-order valence-electron chi connectivity index (χ1n) is 6.05. The minimum absolute atomic E-state index is 0.122. The SMILES string of the molecule is COC(CNC(=O)NC1CC=CCC1)CC(=O)O. The monoisotopic (exact) mass is 256 g/mol. The highest BCUT2D eigenvalue weighted by atomic mass is 16.5. The molecule has 102 valence electrons. The molecule has 2 atom stereocenters. The molecule has 0 aromatic heterocycles. The van der Waals surface area contributed by atoms with Crippen molar-refractivity contribution in [2.45, 2.75) is 37.8 Å². The van der Waals surface area contributed by atoms with E-state index in [0.717, 1.165) is 19.3 Å². The molecule has 0 heterocycles. The minimum atomic E-state index is -0.943. The summed E-state index contributed by atoms with van der Waals surface area (Å²) in [4.78, 5) is 22.1. The van der Waals surface area contributed by atoms with Crippen molar-refractivity contribution in [3.63, 3.8) is 0 Å². The summed E-state index contributed by atoms with van der Waals surface area (Å²) in [5, 5.41) is 14.1. The zero-order chi connectivity index (χ0) is 13.4. The Morgan fingerprint density at radius 1 is 1.50 bits per heavy atom. The number of urea groups is 1. The normalized spacial score (nSPS) is 20.2. The van der Waals surface area contributed by atoms with Gasteiger partial charge in [-0.05, 0) is 19.3 Å². The fourth-order valence-corrected chi connectivity index (χ4v) is 1.80. The van der Waals surface area contributed by atoms with Gasteiger partial charge in [-0.25, -0.2) is 4.79 Å². The maximum absolute atomic E-state index is 11.6. The van der Waals surface area contributed by atoms with Crippen molar-refractivity contribution >= 4 is 12.0 Å². The number of carboxylic acid groups (broad SMARTS) is 1. The van der Waals surface area contributed by atoms with Crippen LogP contribution in [0.1, 0.15) is 25.7 Å². The molecule has 0 spiro atoms. The molecule has 0 radical (unpaired) electrons. The average Bonchev–Trinajstić information content (AvgIpc) is 2.35. The molecule has 6 heteroatoms. The number of carbonyl (C=O) groups is 2. The number of allylic oxidation sites excluding steroid dienone is 1. The fraction of sp³-hybridized carbons (Fsp3) is 0.667. The summed E-state index contributed by atoms with van der Waals surface area (Å²) in [7, 11) is 1.43. The van der Waals surface area contributed by atoms with Gasteiger partial charge in [0.05, 0.1) is 12.5 Å². The highest BCUT2D eigenvalue weighted by Crippen LogP contribution is 2.10. The summed E-state index contributed by atoms with van der Waals surface area (Å²) in [6.45, 7) is 0.192. The number of rotatable bonds is 6. The van der Waals surface area contributed by atoms with Crippen molar-refractivity contribution in [2.75, 3.05) is 13.7 Å². The van der Waals surface area contributed by atoms with Crippen LogP contribution in [0.2, 0.25) is 0 Å². The average molecular weight is 256 g/mol. The van der Waals surface area contributed by atoms with E-state index < -0.39 is 12.1 Å². The van der Waals surface area contributed by atoms with Crippen LogP contribution in [0, 0.1) is 0 Å². The Morgan fingerprint density at radius 3 is 2.83 bits per heavy atom. The van der Waals surface area contributed by atoms with E-state index in [2.05, 4.69) is 22.8 Å². The number of ether oxygens (including phenoxy) is 1. The molecular formula is C12H20N2O4. The van der Waals surface area contributed by atoms with Crippen LogP contribution < -0.4 is 10.6 Å². The summed E-state index contributed by atoms with van der Waals surface area (Å²) in [5.74, 6) is -0.943. The maximum atomic E-state index is 11.6. The number of aliphatic carboxylic acids is 1. The molecule has 1 aliphatic carbocycles. The first kappa shape index (κ1) is 14.5. The third-order valence-electron chi connectivity index (χ3n) is 2.83. The number of carbonyl (C=O) groups excluding carboxylic acids is 1. The van der Waals surface area contributed by atoms with E-state index in [0.29, 0.717) is 0 Å². The highest BCUT2D eigenvalue weighted by molar-refractivity contribution is 5.74. The molecule has 3 N–H and O–H groups in total. The van der Waals surface area contributed by atoms with Crippen LogP contribution in [0.5, 0.6) is 0 Å². The van der Waals surface area contributed by atoms with Gasteiger partial charge in [0.2, 0.25) is 0 Å². The van der Waals surface area contributed by atoms with Gasteiger partial charge in [0.15, 0.2) is 0 Å². The van der Waals surface area contributed by atoms with E-state index in [4.69, 9.17) is 9.84 Å². The summed E-state index contributed by atoms with van der Waals surface area (Å²) in [6.07, 6.45) is 6.29. The molecule has 1 rings (SSSR count). The van der Waals surface area contributed by atoms with Gasteiger partial charge in [0.1, 0.15) is 0 Å². The molecule has 1 aliphatic rings. The predicted octanol–water partition coefficient (Wildman–Crippen LogP) is 0.884. The summed E-state index contributed by atoms with van der Waals surface area (Å²) >= 11 is 0. The van der Waals surface area contributed by atoms with Crippen LogP contribution in [-0.4, -0.2) is 42.9 Å². The van der Waals surface area contributed by atoms with Crippen LogP contribution in [-0.2, 0) is 9.53 Å². The van der Waals surface area contributed by atoms with E-state index in [1.54, 1.807) is 0 Å². The molecule has 2 unspecified atom stereocenters. The second-order valence-corrected chi connectivity index (χ2v) is 4.29. The van der Waals surface area contributed by atoms with Gasteiger partial charge in [-0.15, -0.1) is 0 Å². The van der Waals surface area contributed by atoms with Crippen molar-refractivity contribution in [1.82, 2.24) is 10.6 Å². The minimum Gasteiger partial charge on any atom is -0.481 e. The first-order valence-corrected chi connectivity index (χ1v) is 6.05. The molecule has 0 aliphatic heterocycles. The smallest absolute Gasteiger partial charge is 0.315 e. The van der Waals surface area contributed by atoms with Gasteiger partial charge in [-0.2, -0.15) is 0 Å². The van der Waals surface area contributed by atoms with Gasteiger partial charge < -0.3 is 20.5 Å². The van der Waals surface area contributed by atoms with Gasteiger partial charge in [0, 0.05) is 19.7 Å². The highest BCUT2D eigenvalue weighted by Gasteiger charge is 2.16. The quantitative estimate of drug-likeness (QED) is 0.616. The molecule has 0 saturated heterocycles. The Hall–Kier alpha value is -1.56. The largest absolute Gasteiger partial charge is 0.481 e. The molecule has 0 bridgehead atoms. The molecule has 18 heavy (non-hydrogen) atoms. The number of hydrogen-bond acceptors (Lipinski definition) is 3. The number of methoxy groups -OCH3 is 1. The fourth-order valence-electron chi connectivity index (χ4n) is 1.80. The predicted molar refractivity (Wildman–Crippen MR) is 66.4 cm³/mol. The van der Waals surface area contributed by atoms with Crippen molar-refractivity contribution in [2.24, 2.45) is 0 Å². The van der Waals surface area contributed by atoms with Crippen molar-refractivity contribution in [1.29, 1.82) is 0 Å². The van der Waals surface area contributed by atoms with Crippen molar-refractivity contribution < 1.29 is 19.4 Å². The van der Waals surface area contributed by atoms with E-state index in [9.17, 15) is 9.59 Å². The zero-order valence-electron chi connectivity index (χ0n) is 10.5. The lowest BCUT2D eigenvalue weighted by atomic mass is 10.0. The van der Waals surface area contributed by atoms with Gasteiger partial charge in [-0.3, -0.25) is 4.79 Å². The Morgan fingerprint density at radius 2 is 2.28 bits per heavy atom. The molecule has 0 aromatic rings. The molecule has 0 fully saturated rings. The van der Waals surface area contributed by atoms with Crippen LogP contribution in [0.25, 0.3) is 0 Å². The zero-order valence-corrected chi connectivity index (χ0v) is 10.5. The van der Waals surface area contributed by atoms with Crippen LogP contribution in [0.4, 0.5) is 4.79 Å². The number of hydrogen-bond donors (Lipinski definition) is 3. The molecular weight excluding hydrogens is 236 g/mol. The van der Waals surface area contributed by atoms with Crippen LogP contribution in [0.3, 0.4) is 0 Å². The van der Waals surface area contributed by atoms with E-state index in [1.165, 1.54) is 7.11 Å². The standard InChI is InChI=1S/C12H20N2O4/c1-18-10(7-11(15)16)8-13-12(17)14-9-5-3-2-4-6-9/h2-3,9-10H,4-8H2,1H3,(H,15,16)(H2,13,14,17). The van der Waals surface area contributed by atoms with Gasteiger partial charge >= 0.3 is 12.0 Å². The Kier molecular flexibility index (Phi) is 6.21. The van der Waals surface area contributed by atoms with Gasteiger partial charge in [0.25, 0.3) is 0 Å².